The molecule has 1 N–H and O–H groups in total. The van der Waals surface area contributed by atoms with E-state index in [1.807, 2.05) is 24.3 Å². The van der Waals surface area contributed by atoms with Crippen molar-refractivity contribution in [2.24, 2.45) is 0 Å². The summed E-state index contributed by atoms with van der Waals surface area (Å²) in [4.78, 5) is 11.8. The number of carbonyl (C=O) groups is 1. The summed E-state index contributed by atoms with van der Waals surface area (Å²) >= 11 is 0. The maximum atomic E-state index is 11.8. The molecule has 1 aromatic carbocycles. The number of carboxylic acid groups (broad SMARTS) is 1. The van der Waals surface area contributed by atoms with E-state index in [2.05, 4.69) is 5.10 Å². The Hall–Kier alpha value is -1.84. The van der Waals surface area contributed by atoms with Crippen LogP contribution in [0, 0.1) is 0 Å². The largest absolute Gasteiger partial charge is 0.479 e. The third-order valence-corrected chi connectivity index (χ3v) is 3.96. The molecule has 0 aliphatic heterocycles. The van der Waals surface area contributed by atoms with Crippen LogP contribution in [0.2, 0.25) is 0 Å². The zero-order valence-corrected chi connectivity index (χ0v) is 10.2. The second-order valence-electron chi connectivity index (χ2n) is 5.01. The molecule has 2 aromatic rings. The highest BCUT2D eigenvalue weighted by atomic mass is 16.4. The van der Waals surface area contributed by atoms with Crippen LogP contribution in [-0.2, 0) is 10.3 Å². The van der Waals surface area contributed by atoms with Crippen LogP contribution in [0.5, 0.6) is 0 Å². The molecule has 0 spiro atoms. The Kier molecular flexibility index (Phi) is 2.58. The number of hydrogen-bond acceptors (Lipinski definition) is 2. The van der Waals surface area contributed by atoms with Crippen LogP contribution in [0.15, 0.2) is 30.5 Å². The van der Waals surface area contributed by atoms with E-state index in [0.29, 0.717) is 12.8 Å². The molecule has 4 heteroatoms. The van der Waals surface area contributed by atoms with E-state index in [1.54, 1.807) is 10.9 Å². The number of aliphatic carboxylic acids is 1. The molecule has 4 nitrogen and oxygen atoms in total. The SMILES string of the molecule is O=C(O)C1(n2ncc3ccccc32)CCCCC1. The molecule has 1 fully saturated rings. The van der Waals surface area contributed by atoms with Gasteiger partial charge in [-0.1, -0.05) is 37.5 Å². The fourth-order valence-corrected chi connectivity index (χ4v) is 2.97. The van der Waals surface area contributed by atoms with Crippen molar-refractivity contribution in [3.8, 4) is 0 Å². The summed E-state index contributed by atoms with van der Waals surface area (Å²) in [7, 11) is 0. The average molecular weight is 244 g/mol. The molecule has 0 saturated heterocycles. The van der Waals surface area contributed by atoms with E-state index in [1.165, 1.54) is 0 Å². The zero-order valence-electron chi connectivity index (χ0n) is 10.2. The smallest absolute Gasteiger partial charge is 0.331 e. The van der Waals surface area contributed by atoms with Gasteiger partial charge in [0.1, 0.15) is 0 Å². The first-order chi connectivity index (χ1) is 8.74. The molecule has 1 aromatic heterocycles. The Bertz CT molecular complexity index is 582. The number of benzene rings is 1. The van der Waals surface area contributed by atoms with E-state index in [-0.39, 0.29) is 0 Å². The van der Waals surface area contributed by atoms with Crippen LogP contribution in [0.1, 0.15) is 32.1 Å². The summed E-state index contributed by atoms with van der Waals surface area (Å²) in [5.74, 6) is -0.754. The number of para-hydroxylation sites is 1. The highest BCUT2D eigenvalue weighted by Crippen LogP contribution is 2.36. The molecule has 0 atom stereocenters. The number of nitrogens with zero attached hydrogens (tertiary/aromatic N) is 2. The molecule has 0 unspecified atom stereocenters. The fraction of sp³-hybridized carbons (Fsp3) is 0.429. The van der Waals surface area contributed by atoms with Gasteiger partial charge in [0.15, 0.2) is 5.54 Å². The second-order valence-corrected chi connectivity index (χ2v) is 5.01. The number of hydrogen-bond donors (Lipinski definition) is 1. The van der Waals surface area contributed by atoms with Gasteiger partial charge in [0.05, 0.1) is 11.7 Å². The van der Waals surface area contributed by atoms with E-state index in [0.717, 1.165) is 30.2 Å². The molecule has 0 bridgehead atoms. The van der Waals surface area contributed by atoms with Gasteiger partial charge in [0, 0.05) is 5.39 Å². The normalized spacial score (nSPS) is 18.9. The minimum absolute atomic E-state index is 0.675. The summed E-state index contributed by atoms with van der Waals surface area (Å²) in [6, 6.07) is 7.79. The number of rotatable bonds is 2. The molecule has 1 saturated carbocycles. The molecule has 0 radical (unpaired) electrons. The molecule has 1 aliphatic carbocycles. The third kappa shape index (κ3) is 1.52. The van der Waals surface area contributed by atoms with Gasteiger partial charge in [0.25, 0.3) is 0 Å². The summed E-state index contributed by atoms with van der Waals surface area (Å²) in [5.41, 5.74) is 0.0725. The Morgan fingerprint density at radius 3 is 2.67 bits per heavy atom. The number of carboxylic acids is 1. The third-order valence-electron chi connectivity index (χ3n) is 3.96. The van der Waals surface area contributed by atoms with Crippen LogP contribution < -0.4 is 0 Å². The van der Waals surface area contributed by atoms with Gasteiger partial charge in [-0.2, -0.15) is 5.10 Å². The average Bonchev–Trinajstić information content (AvgIpc) is 2.83. The zero-order chi connectivity index (χ0) is 12.6. The fourth-order valence-electron chi connectivity index (χ4n) is 2.97. The number of aromatic nitrogens is 2. The highest BCUT2D eigenvalue weighted by molar-refractivity contribution is 5.83. The topological polar surface area (TPSA) is 55.1 Å². The summed E-state index contributed by atoms with van der Waals surface area (Å²) < 4.78 is 1.73. The lowest BCUT2D eigenvalue weighted by atomic mass is 9.81. The van der Waals surface area contributed by atoms with Gasteiger partial charge in [-0.05, 0) is 18.9 Å². The van der Waals surface area contributed by atoms with Crippen LogP contribution in [0.4, 0.5) is 0 Å². The van der Waals surface area contributed by atoms with Crippen LogP contribution in [0.3, 0.4) is 0 Å². The van der Waals surface area contributed by atoms with Gasteiger partial charge in [0.2, 0.25) is 0 Å². The molecule has 1 heterocycles. The van der Waals surface area contributed by atoms with Gasteiger partial charge in [-0.3, -0.25) is 0 Å². The molecule has 0 amide bonds. The summed E-state index contributed by atoms with van der Waals surface area (Å²) in [6.45, 7) is 0. The predicted octanol–water partition coefficient (Wildman–Crippen LogP) is 2.78. The first-order valence-electron chi connectivity index (χ1n) is 6.41. The molecule has 18 heavy (non-hydrogen) atoms. The lowest BCUT2D eigenvalue weighted by Crippen LogP contribution is -2.44. The highest BCUT2D eigenvalue weighted by Gasteiger charge is 2.42. The summed E-state index contributed by atoms with van der Waals surface area (Å²) in [6.07, 6.45) is 6.14. The Morgan fingerprint density at radius 1 is 1.22 bits per heavy atom. The Morgan fingerprint density at radius 2 is 1.94 bits per heavy atom. The van der Waals surface area contributed by atoms with E-state index >= 15 is 0 Å². The maximum Gasteiger partial charge on any atom is 0.331 e. The van der Waals surface area contributed by atoms with Crippen LogP contribution in [0.25, 0.3) is 10.9 Å². The first-order valence-corrected chi connectivity index (χ1v) is 6.41. The number of fused-ring (bicyclic) bond motifs is 1. The quantitative estimate of drug-likeness (QED) is 0.883. The van der Waals surface area contributed by atoms with Crippen molar-refractivity contribution >= 4 is 16.9 Å². The van der Waals surface area contributed by atoms with Crippen LogP contribution >= 0.6 is 0 Å². The van der Waals surface area contributed by atoms with E-state index in [9.17, 15) is 9.90 Å². The van der Waals surface area contributed by atoms with Crippen molar-refractivity contribution in [1.82, 2.24) is 9.78 Å². The Labute approximate surface area is 105 Å². The van der Waals surface area contributed by atoms with Crippen molar-refractivity contribution in [2.75, 3.05) is 0 Å². The maximum absolute atomic E-state index is 11.8. The van der Waals surface area contributed by atoms with Gasteiger partial charge < -0.3 is 5.11 Å². The first kappa shape index (κ1) is 11.3. The monoisotopic (exact) mass is 244 g/mol. The second kappa shape index (κ2) is 4.12. The lowest BCUT2D eigenvalue weighted by Gasteiger charge is -2.34. The molecule has 3 rings (SSSR count). The standard InChI is InChI=1S/C14H16N2O2/c17-13(18)14(8-4-1-5-9-14)16-12-7-3-2-6-11(12)10-15-16/h2-3,6-7,10H,1,4-5,8-9H2,(H,17,18). The van der Waals surface area contributed by atoms with Gasteiger partial charge in [-0.15, -0.1) is 0 Å². The van der Waals surface area contributed by atoms with Gasteiger partial charge in [-0.25, -0.2) is 9.48 Å². The minimum atomic E-state index is -0.846. The molecular formula is C14H16N2O2. The van der Waals surface area contributed by atoms with E-state index < -0.39 is 11.5 Å². The van der Waals surface area contributed by atoms with Crippen LogP contribution in [-0.4, -0.2) is 20.9 Å². The lowest BCUT2D eigenvalue weighted by molar-refractivity contribution is -0.149. The molecule has 1 aliphatic rings. The van der Waals surface area contributed by atoms with E-state index in [4.69, 9.17) is 0 Å². The van der Waals surface area contributed by atoms with Crippen molar-refractivity contribution < 1.29 is 9.90 Å². The molecule has 94 valence electrons. The predicted molar refractivity (Wildman–Crippen MR) is 68.4 cm³/mol. The Balaban J connectivity index is 2.18. The van der Waals surface area contributed by atoms with Crippen molar-refractivity contribution in [3.05, 3.63) is 30.5 Å². The van der Waals surface area contributed by atoms with Crippen molar-refractivity contribution in [1.29, 1.82) is 0 Å². The van der Waals surface area contributed by atoms with Gasteiger partial charge >= 0.3 is 5.97 Å². The van der Waals surface area contributed by atoms with Crippen molar-refractivity contribution in [2.45, 2.75) is 37.6 Å². The minimum Gasteiger partial charge on any atom is -0.479 e. The van der Waals surface area contributed by atoms with Crippen molar-refractivity contribution in [3.63, 3.8) is 0 Å². The molecular weight excluding hydrogens is 228 g/mol. The summed E-state index contributed by atoms with van der Waals surface area (Å²) in [5, 5.41) is 15.0.